The fraction of sp³-hybridized carbons (Fsp3) is 0.500. The molecule has 0 aliphatic rings. The van der Waals surface area contributed by atoms with Crippen molar-refractivity contribution in [3.63, 3.8) is 0 Å². The first kappa shape index (κ1) is 14.5. The number of alkyl halides is 1. The first-order valence-corrected chi connectivity index (χ1v) is 7.83. The van der Waals surface area contributed by atoms with E-state index in [0.717, 1.165) is 5.33 Å². The maximum absolute atomic E-state index is 3.47. The van der Waals surface area contributed by atoms with Crippen molar-refractivity contribution in [2.45, 2.75) is 44.9 Å². The van der Waals surface area contributed by atoms with Crippen LogP contribution >= 0.6 is 15.9 Å². The van der Waals surface area contributed by atoms with Crippen LogP contribution < -0.4 is 0 Å². The molecule has 0 nitrogen and oxygen atoms in total. The minimum Gasteiger partial charge on any atom is -0.0928 e. The molecule has 94 valence electrons. The Balaban J connectivity index is 1.95. The van der Waals surface area contributed by atoms with Crippen molar-refractivity contribution in [2.24, 2.45) is 0 Å². The molecule has 1 aromatic carbocycles. The third-order valence-electron chi connectivity index (χ3n) is 2.86. The van der Waals surface area contributed by atoms with Crippen LogP contribution in [-0.4, -0.2) is 5.33 Å². The predicted molar refractivity (Wildman–Crippen MR) is 81.6 cm³/mol. The Labute approximate surface area is 114 Å². The summed E-state index contributed by atoms with van der Waals surface area (Å²) in [5, 5.41) is 1.16. The summed E-state index contributed by atoms with van der Waals surface area (Å²) in [6, 6.07) is 10.5. The zero-order valence-corrected chi connectivity index (χ0v) is 12.2. The summed E-state index contributed by atoms with van der Waals surface area (Å²) in [4.78, 5) is 0. The van der Waals surface area contributed by atoms with E-state index in [1.54, 1.807) is 0 Å². The van der Waals surface area contributed by atoms with Gasteiger partial charge in [0, 0.05) is 5.33 Å². The maximum Gasteiger partial charge on any atom is 0.00313 e. The largest absolute Gasteiger partial charge is 0.0928 e. The Bertz CT molecular complexity index is 290. The van der Waals surface area contributed by atoms with Gasteiger partial charge in [0.25, 0.3) is 0 Å². The third kappa shape index (κ3) is 8.20. The van der Waals surface area contributed by atoms with Crippen molar-refractivity contribution < 1.29 is 0 Å². The van der Waals surface area contributed by atoms with Crippen LogP contribution in [0.5, 0.6) is 0 Å². The Morgan fingerprint density at radius 2 is 1.47 bits per heavy atom. The van der Waals surface area contributed by atoms with E-state index < -0.39 is 0 Å². The van der Waals surface area contributed by atoms with Gasteiger partial charge in [-0.05, 0) is 24.8 Å². The van der Waals surface area contributed by atoms with Crippen LogP contribution in [0.1, 0.15) is 50.5 Å². The minimum absolute atomic E-state index is 1.16. The Morgan fingerprint density at radius 3 is 2.18 bits per heavy atom. The third-order valence-corrected chi connectivity index (χ3v) is 3.43. The van der Waals surface area contributed by atoms with Crippen molar-refractivity contribution >= 4 is 22.0 Å². The molecule has 0 radical (unpaired) electrons. The van der Waals surface area contributed by atoms with Gasteiger partial charge in [0.2, 0.25) is 0 Å². The van der Waals surface area contributed by atoms with Crippen LogP contribution in [0.25, 0.3) is 6.08 Å². The van der Waals surface area contributed by atoms with E-state index in [2.05, 4.69) is 58.4 Å². The van der Waals surface area contributed by atoms with Crippen LogP contribution in [0.2, 0.25) is 0 Å². The average molecular weight is 295 g/mol. The van der Waals surface area contributed by atoms with Crippen molar-refractivity contribution in [1.29, 1.82) is 0 Å². The molecule has 1 aromatic rings. The smallest absolute Gasteiger partial charge is 0.00313 e. The van der Waals surface area contributed by atoms with Crippen molar-refractivity contribution in [1.82, 2.24) is 0 Å². The molecule has 0 unspecified atom stereocenters. The molecule has 1 heteroatoms. The molecule has 0 fully saturated rings. The van der Waals surface area contributed by atoms with E-state index >= 15 is 0 Å². The molecule has 1 rings (SSSR count). The molecule has 0 spiro atoms. The van der Waals surface area contributed by atoms with Gasteiger partial charge in [-0.2, -0.15) is 0 Å². The van der Waals surface area contributed by atoms with Crippen LogP contribution in [0.4, 0.5) is 0 Å². The second-order valence-corrected chi connectivity index (χ2v) is 5.21. The maximum atomic E-state index is 3.47. The minimum atomic E-state index is 1.16. The van der Waals surface area contributed by atoms with Crippen LogP contribution in [0, 0.1) is 0 Å². The average Bonchev–Trinajstić information content (AvgIpc) is 2.38. The fourth-order valence-corrected chi connectivity index (χ4v) is 2.24. The zero-order valence-electron chi connectivity index (χ0n) is 10.6. The van der Waals surface area contributed by atoms with Gasteiger partial charge in [-0.25, -0.2) is 0 Å². The number of benzene rings is 1. The molecule has 0 amide bonds. The van der Waals surface area contributed by atoms with Gasteiger partial charge in [0.05, 0.1) is 0 Å². The summed E-state index contributed by atoms with van der Waals surface area (Å²) in [6.07, 6.45) is 13.9. The second-order valence-electron chi connectivity index (χ2n) is 4.41. The van der Waals surface area contributed by atoms with Crippen LogP contribution in [0.3, 0.4) is 0 Å². The highest BCUT2D eigenvalue weighted by Crippen LogP contribution is 2.09. The summed E-state index contributed by atoms with van der Waals surface area (Å²) in [5.41, 5.74) is 1.31. The molecular weight excluding hydrogens is 272 g/mol. The first-order chi connectivity index (χ1) is 8.43. The Kier molecular flexibility index (Phi) is 9.03. The lowest BCUT2D eigenvalue weighted by Gasteiger charge is -1.98. The highest BCUT2D eigenvalue weighted by Gasteiger charge is 1.89. The van der Waals surface area contributed by atoms with Crippen molar-refractivity contribution in [2.75, 3.05) is 5.33 Å². The van der Waals surface area contributed by atoms with Crippen LogP contribution in [0.15, 0.2) is 36.4 Å². The van der Waals surface area contributed by atoms with Gasteiger partial charge in [-0.1, -0.05) is 84.1 Å². The van der Waals surface area contributed by atoms with E-state index in [1.807, 2.05) is 0 Å². The van der Waals surface area contributed by atoms with Crippen LogP contribution in [-0.2, 0) is 0 Å². The monoisotopic (exact) mass is 294 g/mol. The molecule has 0 aliphatic heterocycles. The standard InChI is InChI=1S/C16H23Br/c17-15-11-6-4-2-1-3-5-8-12-16-13-9-7-10-14-16/h7-10,12-14H,1-6,11,15H2. The summed E-state index contributed by atoms with van der Waals surface area (Å²) < 4.78 is 0. The molecule has 0 saturated heterocycles. The number of rotatable bonds is 9. The lowest BCUT2D eigenvalue weighted by Crippen LogP contribution is -1.80. The SMILES string of the molecule is BrCCCCCCCCC=Cc1ccccc1. The Morgan fingerprint density at radius 1 is 0.824 bits per heavy atom. The molecule has 0 aliphatic carbocycles. The van der Waals surface area contributed by atoms with Crippen molar-refractivity contribution in [3.8, 4) is 0 Å². The molecule has 0 heterocycles. The highest BCUT2D eigenvalue weighted by atomic mass is 79.9. The topological polar surface area (TPSA) is 0 Å². The van der Waals surface area contributed by atoms with Gasteiger partial charge < -0.3 is 0 Å². The summed E-state index contributed by atoms with van der Waals surface area (Å²) in [5.74, 6) is 0. The van der Waals surface area contributed by atoms with Gasteiger partial charge in [-0.15, -0.1) is 0 Å². The zero-order chi connectivity index (χ0) is 12.2. The lowest BCUT2D eigenvalue weighted by atomic mass is 10.1. The highest BCUT2D eigenvalue weighted by molar-refractivity contribution is 9.09. The van der Waals surface area contributed by atoms with E-state index in [0.29, 0.717) is 0 Å². The number of hydrogen-bond acceptors (Lipinski definition) is 0. The van der Waals surface area contributed by atoms with Crippen molar-refractivity contribution in [3.05, 3.63) is 42.0 Å². The van der Waals surface area contributed by atoms with E-state index in [9.17, 15) is 0 Å². The van der Waals surface area contributed by atoms with E-state index in [4.69, 9.17) is 0 Å². The molecule has 0 N–H and O–H groups in total. The normalized spacial score (nSPS) is 11.1. The number of hydrogen-bond donors (Lipinski definition) is 0. The number of halogens is 1. The Hall–Kier alpha value is -0.560. The van der Waals surface area contributed by atoms with E-state index in [1.165, 1.54) is 50.5 Å². The molecule has 0 atom stereocenters. The van der Waals surface area contributed by atoms with Gasteiger partial charge in [0.15, 0.2) is 0 Å². The molecule has 0 aromatic heterocycles. The summed E-state index contributed by atoms with van der Waals surface area (Å²) >= 11 is 3.47. The molecule has 0 saturated carbocycles. The fourth-order valence-electron chi connectivity index (χ4n) is 1.85. The lowest BCUT2D eigenvalue weighted by molar-refractivity contribution is 0.614. The quantitative estimate of drug-likeness (QED) is 0.397. The number of allylic oxidation sites excluding steroid dienone is 1. The van der Waals surface area contributed by atoms with E-state index in [-0.39, 0.29) is 0 Å². The second kappa shape index (κ2) is 10.6. The summed E-state index contributed by atoms with van der Waals surface area (Å²) in [6.45, 7) is 0. The predicted octanol–water partition coefficient (Wildman–Crippen LogP) is 5.83. The number of unbranched alkanes of at least 4 members (excludes halogenated alkanes) is 6. The molecule has 17 heavy (non-hydrogen) atoms. The van der Waals surface area contributed by atoms with Gasteiger partial charge >= 0.3 is 0 Å². The molecule has 0 bridgehead atoms. The molecular formula is C16H23Br. The first-order valence-electron chi connectivity index (χ1n) is 6.71. The summed E-state index contributed by atoms with van der Waals surface area (Å²) in [7, 11) is 0. The van der Waals surface area contributed by atoms with Gasteiger partial charge in [0.1, 0.15) is 0 Å². The van der Waals surface area contributed by atoms with Gasteiger partial charge in [-0.3, -0.25) is 0 Å².